The number of hydrogen-bond acceptors (Lipinski definition) is 8. The number of rotatable bonds is 9. The summed E-state index contributed by atoms with van der Waals surface area (Å²) in [6.45, 7) is 9.74. The van der Waals surface area contributed by atoms with Crippen LogP contribution < -0.4 is 30.7 Å². The van der Waals surface area contributed by atoms with Gasteiger partial charge in [-0.25, -0.2) is 0 Å². The molecule has 6 rings (SSSR count). The summed E-state index contributed by atoms with van der Waals surface area (Å²) in [5.74, 6) is -0.575. The number of methoxy groups -OCH3 is 1. The second-order valence-corrected chi connectivity index (χ2v) is 15.2. The molecule has 1 saturated carbocycles. The SMILES string of the molecule is COc1ccc(C[C@@H]2NC(=O)[C@@H](NC(=O)c3cc(C)nc(C)c3)Cc3ccc(cc3)OC[C@H](CC(C)C)NC(=O)CN(CC3CC3)C(=O)[C@@H](C)NC2=O)cc1. The molecule has 0 unspecified atom stereocenters. The summed E-state index contributed by atoms with van der Waals surface area (Å²) < 4.78 is 11.4. The van der Waals surface area contributed by atoms with E-state index >= 15 is 0 Å². The number of aryl methyl sites for hydroxylation is 2. The predicted octanol–water partition coefficient (Wildman–Crippen LogP) is 3.44. The van der Waals surface area contributed by atoms with Gasteiger partial charge < -0.3 is 35.6 Å². The molecule has 1 aliphatic carbocycles. The van der Waals surface area contributed by atoms with Crippen molar-refractivity contribution in [1.82, 2.24) is 31.2 Å². The fourth-order valence-electron chi connectivity index (χ4n) is 6.73. The van der Waals surface area contributed by atoms with Crippen LogP contribution in [0, 0.1) is 25.7 Å². The summed E-state index contributed by atoms with van der Waals surface area (Å²) in [7, 11) is 1.56. The average molecular weight is 755 g/mol. The van der Waals surface area contributed by atoms with E-state index < -0.39 is 41.8 Å². The van der Waals surface area contributed by atoms with Gasteiger partial charge in [-0.05, 0) is 99.4 Å². The molecule has 2 aliphatic heterocycles. The Morgan fingerprint density at radius 3 is 2.24 bits per heavy atom. The van der Waals surface area contributed by atoms with Crippen LogP contribution in [0.25, 0.3) is 0 Å². The molecule has 0 radical (unpaired) electrons. The number of carbonyl (C=O) groups is 5. The van der Waals surface area contributed by atoms with Gasteiger partial charge in [0.2, 0.25) is 23.6 Å². The zero-order valence-electron chi connectivity index (χ0n) is 32.6. The van der Waals surface area contributed by atoms with Crippen molar-refractivity contribution in [3.05, 3.63) is 88.7 Å². The third kappa shape index (κ3) is 12.3. The Morgan fingerprint density at radius 1 is 0.945 bits per heavy atom. The minimum absolute atomic E-state index is 0.0867. The second-order valence-electron chi connectivity index (χ2n) is 15.2. The molecular formula is C42H54N6O7. The number of pyridine rings is 1. The van der Waals surface area contributed by atoms with Crippen LogP contribution in [-0.4, -0.2) is 90.4 Å². The minimum Gasteiger partial charge on any atom is -0.497 e. The fourth-order valence-corrected chi connectivity index (χ4v) is 6.73. The van der Waals surface area contributed by atoms with Crippen LogP contribution in [-0.2, 0) is 32.0 Å². The molecule has 3 aromatic rings. The predicted molar refractivity (Wildman–Crippen MR) is 208 cm³/mol. The van der Waals surface area contributed by atoms with Crippen LogP contribution in [0.4, 0.5) is 0 Å². The highest BCUT2D eigenvalue weighted by Crippen LogP contribution is 2.30. The number of nitrogens with zero attached hydrogens (tertiary/aromatic N) is 2. The van der Waals surface area contributed by atoms with E-state index in [0.717, 1.165) is 24.0 Å². The average Bonchev–Trinajstić information content (AvgIpc) is 3.96. The Bertz CT molecular complexity index is 1810. The van der Waals surface area contributed by atoms with E-state index in [2.05, 4.69) is 40.1 Å². The summed E-state index contributed by atoms with van der Waals surface area (Å²) in [5.41, 5.74) is 3.14. The number of nitrogens with one attached hydrogen (secondary N) is 4. The monoisotopic (exact) mass is 754 g/mol. The summed E-state index contributed by atoms with van der Waals surface area (Å²) in [5, 5.41) is 11.7. The third-order valence-corrected chi connectivity index (χ3v) is 9.68. The first-order valence-electron chi connectivity index (χ1n) is 19.1. The molecule has 0 spiro atoms. The number of hydrogen-bond donors (Lipinski definition) is 4. The lowest BCUT2D eigenvalue weighted by atomic mass is 10.0. The van der Waals surface area contributed by atoms with E-state index in [1.807, 2.05) is 12.1 Å². The minimum atomic E-state index is -1.13. The van der Waals surface area contributed by atoms with E-state index in [-0.39, 0.29) is 49.8 Å². The normalized spacial score (nSPS) is 21.6. The standard InChI is InChI=1S/C42H54N6O7/c1-25(2)17-33-24-55-35-15-11-30(12-16-35)21-37(46-39(50)32-18-26(3)43-27(4)19-32)41(52)47-36(20-29-9-13-34(54-6)14-10-29)40(51)44-28(5)42(53)48(22-31-7-8-31)23-38(49)45-33/h9-16,18-19,25,28,31,33,36-37H,7-8,17,20-24H2,1-6H3,(H,44,51)(H,45,49)(H,46,50)(H,47,52)/t28-,33+,36+,37+/m1/s1. The molecule has 4 N–H and O–H groups in total. The lowest BCUT2D eigenvalue weighted by Crippen LogP contribution is -2.58. The second kappa shape index (κ2) is 18.7. The highest BCUT2D eigenvalue weighted by atomic mass is 16.5. The molecule has 13 nitrogen and oxygen atoms in total. The Morgan fingerprint density at radius 2 is 1.62 bits per heavy atom. The van der Waals surface area contributed by atoms with E-state index in [0.29, 0.717) is 41.4 Å². The largest absolute Gasteiger partial charge is 0.497 e. The number of ether oxygens (including phenoxy) is 2. The van der Waals surface area contributed by atoms with Crippen LogP contribution in [0.3, 0.4) is 0 Å². The Kier molecular flexibility index (Phi) is 13.9. The molecule has 4 atom stereocenters. The first-order chi connectivity index (χ1) is 26.3. The van der Waals surface area contributed by atoms with Crippen LogP contribution in [0.1, 0.15) is 72.9 Å². The van der Waals surface area contributed by atoms with Gasteiger partial charge in [0, 0.05) is 36.3 Å². The van der Waals surface area contributed by atoms with Crippen molar-refractivity contribution in [2.24, 2.45) is 11.8 Å². The maximum Gasteiger partial charge on any atom is 0.252 e. The first-order valence-corrected chi connectivity index (χ1v) is 19.1. The van der Waals surface area contributed by atoms with Gasteiger partial charge in [-0.15, -0.1) is 0 Å². The zero-order chi connectivity index (χ0) is 39.6. The molecule has 1 fully saturated rings. The van der Waals surface area contributed by atoms with Gasteiger partial charge in [-0.3, -0.25) is 29.0 Å². The maximum atomic E-state index is 14.2. The summed E-state index contributed by atoms with van der Waals surface area (Å²) in [4.78, 5) is 75.2. The Hall–Kier alpha value is -5.46. The highest BCUT2D eigenvalue weighted by Gasteiger charge is 2.34. The molecule has 1 aromatic heterocycles. The first kappa shape index (κ1) is 40.7. The quantitative estimate of drug-likeness (QED) is 0.241. The van der Waals surface area contributed by atoms with Crippen molar-refractivity contribution in [2.45, 2.75) is 90.9 Å². The molecule has 2 bridgehead atoms. The van der Waals surface area contributed by atoms with E-state index in [4.69, 9.17) is 9.47 Å². The number of benzene rings is 2. The van der Waals surface area contributed by atoms with Gasteiger partial charge in [-0.1, -0.05) is 38.1 Å². The van der Waals surface area contributed by atoms with Crippen LogP contribution in [0.15, 0.2) is 60.7 Å². The summed E-state index contributed by atoms with van der Waals surface area (Å²) in [6.07, 6.45) is 2.78. The van der Waals surface area contributed by atoms with Crippen molar-refractivity contribution >= 4 is 29.5 Å². The Balaban J connectivity index is 1.49. The maximum absolute atomic E-state index is 14.2. The molecule has 13 heteroatoms. The van der Waals surface area contributed by atoms with Crippen molar-refractivity contribution in [3.8, 4) is 11.5 Å². The third-order valence-electron chi connectivity index (χ3n) is 9.68. The summed E-state index contributed by atoms with van der Waals surface area (Å²) in [6, 6.07) is 14.1. The van der Waals surface area contributed by atoms with Gasteiger partial charge >= 0.3 is 0 Å². The van der Waals surface area contributed by atoms with Crippen molar-refractivity contribution in [1.29, 1.82) is 0 Å². The topological polar surface area (TPSA) is 168 Å². The lowest BCUT2D eigenvalue weighted by Gasteiger charge is -2.29. The van der Waals surface area contributed by atoms with Crippen LogP contribution in [0.2, 0.25) is 0 Å². The molecule has 5 amide bonds. The van der Waals surface area contributed by atoms with Gasteiger partial charge in [0.1, 0.15) is 36.2 Å². The van der Waals surface area contributed by atoms with E-state index in [9.17, 15) is 24.0 Å². The van der Waals surface area contributed by atoms with Gasteiger partial charge in [0.05, 0.1) is 19.7 Å². The lowest BCUT2D eigenvalue weighted by molar-refractivity contribution is -0.140. The smallest absolute Gasteiger partial charge is 0.252 e. The molecule has 2 aromatic carbocycles. The van der Waals surface area contributed by atoms with Gasteiger partial charge in [-0.2, -0.15) is 0 Å². The van der Waals surface area contributed by atoms with E-state index in [1.165, 1.54) is 4.90 Å². The Labute approximate surface area is 323 Å². The summed E-state index contributed by atoms with van der Waals surface area (Å²) >= 11 is 0. The van der Waals surface area contributed by atoms with E-state index in [1.54, 1.807) is 76.4 Å². The van der Waals surface area contributed by atoms with Crippen molar-refractivity contribution < 1.29 is 33.4 Å². The number of fused-ring (bicyclic) bond motifs is 17. The van der Waals surface area contributed by atoms with Gasteiger partial charge in [0.25, 0.3) is 5.91 Å². The van der Waals surface area contributed by atoms with Crippen LogP contribution >= 0.6 is 0 Å². The van der Waals surface area contributed by atoms with Gasteiger partial charge in [0.15, 0.2) is 0 Å². The molecule has 55 heavy (non-hydrogen) atoms. The molecular weight excluding hydrogens is 700 g/mol. The number of aromatic nitrogens is 1. The zero-order valence-corrected chi connectivity index (χ0v) is 32.6. The number of carbonyl (C=O) groups excluding carboxylic acids is 5. The molecule has 3 heterocycles. The highest BCUT2D eigenvalue weighted by molar-refractivity contribution is 5.99. The van der Waals surface area contributed by atoms with Crippen molar-refractivity contribution in [2.75, 3.05) is 26.8 Å². The van der Waals surface area contributed by atoms with Crippen LogP contribution in [0.5, 0.6) is 11.5 Å². The van der Waals surface area contributed by atoms with Crippen molar-refractivity contribution in [3.63, 3.8) is 0 Å². The molecule has 294 valence electrons. The number of amides is 5. The molecule has 0 saturated heterocycles. The fraction of sp³-hybridized carbons (Fsp3) is 0.476. The molecule has 3 aliphatic rings.